The van der Waals surface area contributed by atoms with Gasteiger partial charge >= 0.3 is 0 Å². The highest BCUT2D eigenvalue weighted by atomic mass is 15.0. The lowest BCUT2D eigenvalue weighted by atomic mass is 10.1. The van der Waals surface area contributed by atoms with Crippen LogP contribution < -0.4 is 11.1 Å². The van der Waals surface area contributed by atoms with E-state index in [2.05, 4.69) is 40.7 Å². The van der Waals surface area contributed by atoms with E-state index in [0.717, 1.165) is 38.2 Å². The van der Waals surface area contributed by atoms with Crippen LogP contribution in [0.4, 0.5) is 0 Å². The smallest absolute Gasteiger partial charge is 0.0617 e. The van der Waals surface area contributed by atoms with E-state index in [0.29, 0.717) is 0 Å². The minimum absolute atomic E-state index is 0.718. The lowest BCUT2D eigenvalue weighted by Gasteiger charge is -2.10. The molecule has 1 aliphatic rings. The lowest BCUT2D eigenvalue weighted by molar-refractivity contribution is 0.687. The largest absolute Gasteiger partial charge is 0.401 e. The van der Waals surface area contributed by atoms with Crippen molar-refractivity contribution >= 4 is 10.9 Å². The molecule has 0 aliphatic carbocycles. The average Bonchev–Trinajstić information content (AvgIpc) is 2.55. The van der Waals surface area contributed by atoms with Crippen molar-refractivity contribution in [1.29, 1.82) is 0 Å². The van der Waals surface area contributed by atoms with Crippen molar-refractivity contribution in [3.05, 3.63) is 47.8 Å². The van der Waals surface area contributed by atoms with E-state index in [1.165, 1.54) is 22.2 Å². The molecule has 3 heteroatoms. The summed E-state index contributed by atoms with van der Waals surface area (Å²) in [6.07, 6.45) is 2.16. The van der Waals surface area contributed by atoms with Gasteiger partial charge in [0.2, 0.25) is 0 Å². The van der Waals surface area contributed by atoms with Crippen LogP contribution in [0.25, 0.3) is 10.9 Å². The van der Waals surface area contributed by atoms with Crippen LogP contribution in [-0.4, -0.2) is 17.7 Å². The van der Waals surface area contributed by atoms with Crippen molar-refractivity contribution in [2.45, 2.75) is 19.4 Å². The third-order valence-electron chi connectivity index (χ3n) is 3.65. The Hall–Kier alpha value is -1.74. The van der Waals surface area contributed by atoms with Gasteiger partial charge in [0.15, 0.2) is 0 Å². The summed E-state index contributed by atoms with van der Waals surface area (Å²) in [7, 11) is 0. The summed E-state index contributed by atoms with van der Waals surface area (Å²) >= 11 is 0. The molecule has 0 unspecified atom stereocenters. The van der Waals surface area contributed by atoms with Gasteiger partial charge in [0, 0.05) is 35.3 Å². The number of hydrogen-bond acceptors (Lipinski definition) is 2. The van der Waals surface area contributed by atoms with Crippen molar-refractivity contribution in [2.75, 3.05) is 13.1 Å². The van der Waals surface area contributed by atoms with Gasteiger partial charge in [-0.1, -0.05) is 24.8 Å². The van der Waals surface area contributed by atoms with Gasteiger partial charge in [-0.3, -0.25) is 0 Å². The number of benzene rings is 1. The molecule has 0 fully saturated rings. The number of rotatable bonds is 2. The molecule has 1 aromatic carbocycles. The number of nitrogens with one attached hydrogen (secondary N) is 1. The monoisotopic (exact) mass is 241 g/mol. The van der Waals surface area contributed by atoms with Crippen LogP contribution in [0.3, 0.4) is 0 Å². The van der Waals surface area contributed by atoms with E-state index in [4.69, 9.17) is 5.73 Å². The predicted molar refractivity (Wildman–Crippen MR) is 75.5 cm³/mol. The molecule has 0 amide bonds. The molecule has 3 N–H and O–H groups in total. The number of nitrogens with zero attached hydrogens (tertiary/aromatic N) is 1. The van der Waals surface area contributed by atoms with Crippen LogP contribution in [0.5, 0.6) is 0 Å². The molecule has 0 spiro atoms. The first-order chi connectivity index (χ1) is 8.77. The van der Waals surface area contributed by atoms with Gasteiger partial charge in [-0.2, -0.15) is 0 Å². The summed E-state index contributed by atoms with van der Waals surface area (Å²) < 4.78 is 2.33. The molecule has 3 rings (SSSR count). The van der Waals surface area contributed by atoms with Crippen LogP contribution in [-0.2, 0) is 19.4 Å². The molecule has 0 radical (unpaired) electrons. The van der Waals surface area contributed by atoms with Gasteiger partial charge in [-0.05, 0) is 24.6 Å². The van der Waals surface area contributed by atoms with E-state index in [1.807, 2.05) is 0 Å². The summed E-state index contributed by atoms with van der Waals surface area (Å²) in [5.74, 6) is 0. The Morgan fingerprint density at radius 3 is 2.89 bits per heavy atom. The highest BCUT2D eigenvalue weighted by Crippen LogP contribution is 2.28. The Balaban J connectivity index is 2.24. The predicted octanol–water partition coefficient (Wildman–Crippen LogP) is 1.80. The first-order valence-corrected chi connectivity index (χ1v) is 6.50. The highest BCUT2D eigenvalue weighted by Gasteiger charge is 2.18. The molecule has 94 valence electrons. The number of hydrogen-bond donors (Lipinski definition) is 2. The summed E-state index contributed by atoms with van der Waals surface area (Å²) in [5.41, 5.74) is 10.7. The Morgan fingerprint density at radius 1 is 1.28 bits per heavy atom. The quantitative estimate of drug-likeness (QED) is 0.842. The van der Waals surface area contributed by atoms with Gasteiger partial charge in [0.25, 0.3) is 0 Å². The van der Waals surface area contributed by atoms with Crippen molar-refractivity contribution in [2.24, 2.45) is 5.73 Å². The van der Waals surface area contributed by atoms with Gasteiger partial charge in [-0.25, -0.2) is 0 Å². The Labute approximate surface area is 107 Å². The maximum Gasteiger partial charge on any atom is 0.0617 e. The maximum absolute atomic E-state index is 5.82. The van der Waals surface area contributed by atoms with Crippen LogP contribution >= 0.6 is 0 Å². The maximum atomic E-state index is 5.82. The summed E-state index contributed by atoms with van der Waals surface area (Å²) in [6, 6.07) is 8.60. The topological polar surface area (TPSA) is 43.0 Å². The fraction of sp³-hybridized carbons (Fsp3) is 0.333. The number of para-hydroxylation sites is 1. The molecule has 1 aliphatic heterocycles. The van der Waals surface area contributed by atoms with Crippen LogP contribution in [0.2, 0.25) is 0 Å². The van der Waals surface area contributed by atoms with Gasteiger partial charge < -0.3 is 15.6 Å². The third kappa shape index (κ3) is 1.81. The number of fused-ring (bicyclic) bond motifs is 3. The van der Waals surface area contributed by atoms with Gasteiger partial charge in [0.05, 0.1) is 6.54 Å². The number of nitrogens with two attached hydrogens (primary N) is 1. The molecule has 0 atom stereocenters. The zero-order chi connectivity index (χ0) is 12.5. The Kier molecular flexibility index (Phi) is 2.84. The van der Waals surface area contributed by atoms with Crippen molar-refractivity contribution in [3.8, 4) is 0 Å². The molecule has 2 aromatic rings. The molecule has 3 nitrogen and oxygen atoms in total. The van der Waals surface area contributed by atoms with Gasteiger partial charge in [0.1, 0.15) is 0 Å². The molecule has 0 saturated carbocycles. The summed E-state index contributed by atoms with van der Waals surface area (Å²) in [5, 5.41) is 4.83. The van der Waals surface area contributed by atoms with Crippen LogP contribution in [0.1, 0.15) is 11.3 Å². The normalized spacial score (nSPS) is 15.3. The van der Waals surface area contributed by atoms with Crippen LogP contribution in [0, 0.1) is 0 Å². The fourth-order valence-corrected chi connectivity index (χ4v) is 2.92. The molecular formula is C15H19N3. The second-order valence-corrected chi connectivity index (χ2v) is 4.94. The zero-order valence-corrected chi connectivity index (χ0v) is 10.6. The van der Waals surface area contributed by atoms with Crippen molar-refractivity contribution in [3.63, 3.8) is 0 Å². The van der Waals surface area contributed by atoms with Gasteiger partial charge in [-0.15, -0.1) is 0 Å². The Bertz CT molecular complexity index is 595. The molecule has 0 bridgehead atoms. The number of allylic oxidation sites excluding steroid dienone is 1. The second kappa shape index (κ2) is 4.50. The first-order valence-electron chi connectivity index (χ1n) is 6.50. The van der Waals surface area contributed by atoms with E-state index in [1.54, 1.807) is 0 Å². The fourth-order valence-electron chi connectivity index (χ4n) is 2.92. The SMILES string of the molecule is C=C(N)Cn1c2c(c3ccccc31)CCNCC2. The molecule has 0 saturated heterocycles. The van der Waals surface area contributed by atoms with Crippen molar-refractivity contribution in [1.82, 2.24) is 9.88 Å². The molecule has 1 aromatic heterocycles. The molecule has 18 heavy (non-hydrogen) atoms. The zero-order valence-electron chi connectivity index (χ0n) is 10.6. The van der Waals surface area contributed by atoms with E-state index < -0.39 is 0 Å². The third-order valence-corrected chi connectivity index (χ3v) is 3.65. The average molecular weight is 241 g/mol. The standard InChI is InChI=1S/C15H19N3/c1-11(16)10-18-14-5-3-2-4-12(14)13-6-8-17-9-7-15(13)18/h2-5,17H,1,6-10,16H2. The first kappa shape index (κ1) is 11.4. The van der Waals surface area contributed by atoms with Crippen LogP contribution in [0.15, 0.2) is 36.5 Å². The Morgan fingerprint density at radius 2 is 2.06 bits per heavy atom. The summed E-state index contributed by atoms with van der Waals surface area (Å²) in [4.78, 5) is 0. The van der Waals surface area contributed by atoms with E-state index in [-0.39, 0.29) is 0 Å². The lowest BCUT2D eigenvalue weighted by Crippen LogP contribution is -2.17. The second-order valence-electron chi connectivity index (χ2n) is 4.94. The molecular weight excluding hydrogens is 222 g/mol. The molecule has 2 heterocycles. The minimum atomic E-state index is 0.718. The summed E-state index contributed by atoms with van der Waals surface area (Å²) in [6.45, 7) is 6.67. The minimum Gasteiger partial charge on any atom is -0.401 e. The highest BCUT2D eigenvalue weighted by molar-refractivity contribution is 5.85. The van der Waals surface area contributed by atoms with Crippen molar-refractivity contribution < 1.29 is 0 Å². The van der Waals surface area contributed by atoms with E-state index in [9.17, 15) is 0 Å². The van der Waals surface area contributed by atoms with E-state index >= 15 is 0 Å². The number of aromatic nitrogens is 1.